The highest BCUT2D eigenvalue weighted by atomic mass is 16.5. The molecule has 0 fully saturated rings. The SMILES string of the molecule is CCOC(=O)c1ccc(NC(=O)C2=C(C)Nc3nc(CCCO)nn3C2c2ccncc2)cc1. The lowest BCUT2D eigenvalue weighted by Crippen LogP contribution is -2.31. The van der Waals surface area contributed by atoms with Crippen molar-refractivity contribution in [3.8, 4) is 0 Å². The Hall–Kier alpha value is -4.05. The summed E-state index contributed by atoms with van der Waals surface area (Å²) in [5, 5.41) is 19.9. The van der Waals surface area contributed by atoms with Crippen LogP contribution in [-0.2, 0) is 16.0 Å². The topological polar surface area (TPSA) is 131 Å². The minimum atomic E-state index is -0.520. The van der Waals surface area contributed by atoms with Gasteiger partial charge in [0.05, 0.1) is 17.7 Å². The van der Waals surface area contributed by atoms with E-state index in [-0.39, 0.29) is 12.5 Å². The molecule has 4 rings (SSSR count). The first-order valence-corrected chi connectivity index (χ1v) is 11.0. The number of aryl methyl sites for hydroxylation is 1. The maximum atomic E-state index is 13.5. The fraction of sp³-hybridized carbons (Fsp3) is 0.292. The number of fused-ring (bicyclic) bond motifs is 1. The van der Waals surface area contributed by atoms with E-state index >= 15 is 0 Å². The van der Waals surface area contributed by atoms with Crippen LogP contribution in [-0.4, -0.2) is 49.9 Å². The largest absolute Gasteiger partial charge is 0.462 e. The summed E-state index contributed by atoms with van der Waals surface area (Å²) in [6.45, 7) is 3.90. The van der Waals surface area contributed by atoms with E-state index in [1.165, 1.54) is 0 Å². The molecule has 1 aromatic carbocycles. The van der Waals surface area contributed by atoms with Gasteiger partial charge in [-0.3, -0.25) is 9.78 Å². The monoisotopic (exact) mass is 462 g/mol. The van der Waals surface area contributed by atoms with E-state index in [0.717, 1.165) is 5.56 Å². The number of hydrogen-bond donors (Lipinski definition) is 3. The van der Waals surface area contributed by atoms with Gasteiger partial charge in [-0.1, -0.05) is 0 Å². The predicted molar refractivity (Wildman–Crippen MR) is 125 cm³/mol. The Morgan fingerprint density at radius 2 is 1.91 bits per heavy atom. The molecule has 3 heterocycles. The zero-order valence-electron chi connectivity index (χ0n) is 19.0. The van der Waals surface area contributed by atoms with E-state index in [0.29, 0.717) is 53.7 Å². The van der Waals surface area contributed by atoms with Crippen molar-refractivity contribution in [2.45, 2.75) is 32.7 Å². The number of anilines is 2. The van der Waals surface area contributed by atoms with Crippen LogP contribution in [0.2, 0.25) is 0 Å². The van der Waals surface area contributed by atoms with Crippen molar-refractivity contribution >= 4 is 23.5 Å². The van der Waals surface area contributed by atoms with Crippen LogP contribution in [0.15, 0.2) is 60.1 Å². The average Bonchev–Trinajstić information content (AvgIpc) is 3.25. The zero-order chi connectivity index (χ0) is 24.1. The molecular weight excluding hydrogens is 436 g/mol. The van der Waals surface area contributed by atoms with Crippen LogP contribution >= 0.6 is 0 Å². The molecule has 1 aliphatic rings. The normalized spacial score (nSPS) is 14.9. The van der Waals surface area contributed by atoms with Gasteiger partial charge in [0, 0.05) is 36.8 Å². The van der Waals surface area contributed by atoms with Gasteiger partial charge in [0.1, 0.15) is 6.04 Å². The minimum absolute atomic E-state index is 0.0466. The van der Waals surface area contributed by atoms with Crippen LogP contribution in [0.1, 0.15) is 48.1 Å². The van der Waals surface area contributed by atoms with E-state index in [1.807, 2.05) is 19.1 Å². The molecule has 0 bridgehead atoms. The number of carbonyl (C=O) groups is 2. The Balaban J connectivity index is 1.64. The zero-order valence-corrected chi connectivity index (χ0v) is 19.0. The van der Waals surface area contributed by atoms with Crippen LogP contribution < -0.4 is 10.6 Å². The van der Waals surface area contributed by atoms with Gasteiger partial charge in [0.15, 0.2) is 5.82 Å². The van der Waals surface area contributed by atoms with Crippen LogP contribution in [0, 0.1) is 0 Å². The molecule has 34 heavy (non-hydrogen) atoms. The third-order valence-corrected chi connectivity index (χ3v) is 5.38. The first-order valence-electron chi connectivity index (χ1n) is 11.0. The average molecular weight is 463 g/mol. The molecule has 0 saturated carbocycles. The number of nitrogens with zero attached hydrogens (tertiary/aromatic N) is 4. The van der Waals surface area contributed by atoms with E-state index < -0.39 is 12.0 Å². The summed E-state index contributed by atoms with van der Waals surface area (Å²) in [7, 11) is 0. The van der Waals surface area contributed by atoms with Crippen LogP contribution in [0.5, 0.6) is 0 Å². The quantitative estimate of drug-likeness (QED) is 0.436. The summed E-state index contributed by atoms with van der Waals surface area (Å²) >= 11 is 0. The Morgan fingerprint density at radius 1 is 1.18 bits per heavy atom. The third-order valence-electron chi connectivity index (χ3n) is 5.38. The number of benzene rings is 1. The van der Waals surface area contributed by atoms with Gasteiger partial charge in [-0.15, -0.1) is 0 Å². The maximum Gasteiger partial charge on any atom is 0.338 e. The van der Waals surface area contributed by atoms with Gasteiger partial charge in [-0.25, -0.2) is 9.48 Å². The van der Waals surface area contributed by atoms with Crippen molar-refractivity contribution in [1.82, 2.24) is 19.7 Å². The molecule has 176 valence electrons. The van der Waals surface area contributed by atoms with Crippen LogP contribution in [0.3, 0.4) is 0 Å². The first-order chi connectivity index (χ1) is 16.5. The fourth-order valence-electron chi connectivity index (χ4n) is 3.79. The van der Waals surface area contributed by atoms with E-state index in [9.17, 15) is 9.59 Å². The van der Waals surface area contributed by atoms with Crippen molar-refractivity contribution in [2.75, 3.05) is 23.8 Å². The van der Waals surface area contributed by atoms with Gasteiger partial charge in [0.25, 0.3) is 5.91 Å². The summed E-state index contributed by atoms with van der Waals surface area (Å²) in [5.41, 5.74) is 2.91. The Bertz CT molecular complexity index is 1200. The fourth-order valence-corrected chi connectivity index (χ4v) is 3.79. The predicted octanol–water partition coefficient (Wildman–Crippen LogP) is 2.70. The molecule has 1 aliphatic heterocycles. The Morgan fingerprint density at radius 3 is 2.59 bits per heavy atom. The molecule has 2 aromatic heterocycles. The summed E-state index contributed by atoms with van der Waals surface area (Å²) < 4.78 is 6.69. The lowest BCUT2D eigenvalue weighted by Gasteiger charge is -2.28. The van der Waals surface area contributed by atoms with E-state index in [1.54, 1.807) is 48.3 Å². The second-order valence-electron chi connectivity index (χ2n) is 7.72. The number of nitrogens with one attached hydrogen (secondary N) is 2. The Kier molecular flexibility index (Phi) is 6.98. The summed E-state index contributed by atoms with van der Waals surface area (Å²) in [4.78, 5) is 34.0. The van der Waals surface area contributed by atoms with E-state index in [2.05, 4.69) is 25.7 Å². The molecule has 10 heteroatoms. The number of aliphatic hydroxyl groups is 1. The number of amides is 1. The van der Waals surface area contributed by atoms with Gasteiger partial charge in [0.2, 0.25) is 5.95 Å². The summed E-state index contributed by atoms with van der Waals surface area (Å²) in [6.07, 6.45) is 4.40. The molecule has 1 atom stereocenters. The Labute approximate surface area is 196 Å². The summed E-state index contributed by atoms with van der Waals surface area (Å²) in [6, 6.07) is 9.69. The number of rotatable bonds is 8. The maximum absolute atomic E-state index is 13.5. The van der Waals surface area contributed by atoms with Crippen molar-refractivity contribution in [3.05, 3.63) is 77.0 Å². The highest BCUT2D eigenvalue weighted by Crippen LogP contribution is 2.35. The van der Waals surface area contributed by atoms with Crippen molar-refractivity contribution < 1.29 is 19.4 Å². The number of hydrogen-bond acceptors (Lipinski definition) is 8. The number of allylic oxidation sites excluding steroid dienone is 1. The van der Waals surface area contributed by atoms with Crippen molar-refractivity contribution in [2.24, 2.45) is 0 Å². The van der Waals surface area contributed by atoms with Gasteiger partial charge in [-0.05, 0) is 62.2 Å². The molecular formula is C24H26N6O4. The lowest BCUT2D eigenvalue weighted by molar-refractivity contribution is -0.113. The molecule has 1 unspecified atom stereocenters. The van der Waals surface area contributed by atoms with Gasteiger partial charge in [-0.2, -0.15) is 10.1 Å². The lowest BCUT2D eigenvalue weighted by atomic mass is 9.96. The highest BCUT2D eigenvalue weighted by Gasteiger charge is 2.34. The van der Waals surface area contributed by atoms with E-state index in [4.69, 9.17) is 9.84 Å². The second kappa shape index (κ2) is 10.3. The number of pyridine rings is 1. The second-order valence-corrected chi connectivity index (χ2v) is 7.72. The van der Waals surface area contributed by atoms with Gasteiger partial charge >= 0.3 is 5.97 Å². The van der Waals surface area contributed by atoms with Crippen LogP contribution in [0.25, 0.3) is 0 Å². The molecule has 10 nitrogen and oxygen atoms in total. The molecule has 3 N–H and O–H groups in total. The molecule has 0 radical (unpaired) electrons. The smallest absolute Gasteiger partial charge is 0.338 e. The molecule has 0 saturated heterocycles. The number of esters is 1. The minimum Gasteiger partial charge on any atom is -0.462 e. The standard InChI is InChI=1S/C24H26N6O4/c1-3-34-23(33)17-6-8-18(9-7-17)27-22(32)20-15(2)26-24-28-19(5-4-14-31)29-30(24)21(20)16-10-12-25-13-11-16/h6-13,21,31H,3-5,14H2,1-2H3,(H,27,32)(H,26,28,29). The number of aliphatic hydroxyl groups excluding tert-OH is 1. The number of aromatic nitrogens is 4. The van der Waals surface area contributed by atoms with Gasteiger partial charge < -0.3 is 20.5 Å². The first kappa shape index (κ1) is 23.1. The number of carbonyl (C=O) groups excluding carboxylic acids is 2. The summed E-state index contributed by atoms with van der Waals surface area (Å²) in [5.74, 6) is 0.389. The molecule has 3 aromatic rings. The van der Waals surface area contributed by atoms with Crippen molar-refractivity contribution in [1.29, 1.82) is 0 Å². The highest BCUT2D eigenvalue weighted by molar-refractivity contribution is 6.06. The van der Waals surface area contributed by atoms with Crippen molar-refractivity contribution in [3.63, 3.8) is 0 Å². The molecule has 1 amide bonds. The molecule has 0 spiro atoms. The molecule has 0 aliphatic carbocycles. The third kappa shape index (κ3) is 4.81. The van der Waals surface area contributed by atoms with Crippen LogP contribution in [0.4, 0.5) is 11.6 Å². The number of ether oxygens (including phenoxy) is 1.